The lowest BCUT2D eigenvalue weighted by Gasteiger charge is -2.11. The fourth-order valence-corrected chi connectivity index (χ4v) is 8.81. The fraction of sp³-hybridized carbons (Fsp3) is 0. The summed E-state index contributed by atoms with van der Waals surface area (Å²) < 4.78 is 5.67. The number of hydrogen-bond acceptors (Lipinski definition) is 6. The molecule has 0 atom stereocenters. The summed E-state index contributed by atoms with van der Waals surface area (Å²) >= 11 is 3.46. The van der Waals surface area contributed by atoms with Crippen LogP contribution in [0.5, 0.6) is 0 Å². The van der Waals surface area contributed by atoms with E-state index in [4.69, 9.17) is 19.9 Å². The summed E-state index contributed by atoms with van der Waals surface area (Å²) in [4.78, 5) is 20.9. The number of benzene rings is 6. The van der Waals surface area contributed by atoms with Crippen LogP contribution in [0, 0.1) is 0 Å². The quantitative estimate of drug-likeness (QED) is 0.193. The summed E-state index contributed by atoms with van der Waals surface area (Å²) in [7, 11) is 0. The van der Waals surface area contributed by atoms with E-state index < -0.39 is 0 Å². The third-order valence-electron chi connectivity index (χ3n) is 8.73. The van der Waals surface area contributed by atoms with Gasteiger partial charge < -0.3 is 0 Å². The lowest BCUT2D eigenvalue weighted by molar-refractivity contribution is 0.955. The molecule has 0 unspecified atom stereocenters. The van der Waals surface area contributed by atoms with Gasteiger partial charge in [-0.3, -0.25) is 4.57 Å². The molecule has 0 aliphatic carbocycles. The van der Waals surface area contributed by atoms with Crippen LogP contribution in [-0.4, -0.2) is 24.5 Å². The zero-order valence-electron chi connectivity index (χ0n) is 24.8. The van der Waals surface area contributed by atoms with Gasteiger partial charge in [-0.05, 0) is 36.4 Å². The van der Waals surface area contributed by atoms with Crippen molar-refractivity contribution in [2.24, 2.45) is 0 Å². The molecule has 0 fully saturated rings. The molecule has 0 aliphatic rings. The minimum atomic E-state index is 0.580. The van der Waals surface area contributed by atoms with E-state index in [0.29, 0.717) is 17.6 Å². The maximum atomic E-state index is 5.25. The average molecular weight is 638 g/mol. The second-order valence-corrected chi connectivity index (χ2v) is 13.6. The molecule has 4 heterocycles. The average Bonchev–Trinajstić information content (AvgIpc) is 3.84. The lowest BCUT2D eigenvalue weighted by Crippen LogP contribution is -2.06. The summed E-state index contributed by atoms with van der Waals surface area (Å²) in [6, 6.07) is 48.5. The van der Waals surface area contributed by atoms with Gasteiger partial charge in [-0.1, -0.05) is 103 Å². The van der Waals surface area contributed by atoms with E-state index in [-0.39, 0.29) is 0 Å². The van der Waals surface area contributed by atoms with Gasteiger partial charge in [0.25, 0.3) is 0 Å². The molecule has 0 saturated carbocycles. The Hall–Kier alpha value is -5.76. The number of thiazole rings is 1. The number of aromatic nitrogens is 5. The monoisotopic (exact) mass is 637 g/mol. The summed E-state index contributed by atoms with van der Waals surface area (Å²) in [6.07, 6.45) is 0. The summed E-state index contributed by atoms with van der Waals surface area (Å²) in [6.45, 7) is 0. The highest BCUT2D eigenvalue weighted by Gasteiger charge is 2.21. The molecule has 0 spiro atoms. The molecular formula is C40H23N5S2. The Morgan fingerprint density at radius 3 is 1.81 bits per heavy atom. The zero-order valence-corrected chi connectivity index (χ0v) is 26.5. The second kappa shape index (κ2) is 10.4. The first-order valence-corrected chi connectivity index (χ1v) is 17.0. The molecule has 220 valence electrons. The van der Waals surface area contributed by atoms with Crippen LogP contribution >= 0.6 is 22.7 Å². The largest absolute Gasteiger partial charge is 0.278 e. The number of nitrogens with zero attached hydrogens (tertiary/aromatic N) is 5. The van der Waals surface area contributed by atoms with Crippen LogP contribution in [0.4, 0.5) is 0 Å². The van der Waals surface area contributed by atoms with Gasteiger partial charge in [0, 0.05) is 47.6 Å². The number of thiophene rings is 1. The van der Waals surface area contributed by atoms with E-state index in [9.17, 15) is 0 Å². The van der Waals surface area contributed by atoms with Crippen molar-refractivity contribution in [2.45, 2.75) is 0 Å². The van der Waals surface area contributed by atoms with Crippen LogP contribution in [0.1, 0.15) is 0 Å². The molecule has 0 amide bonds. The molecule has 0 N–H and O–H groups in total. The van der Waals surface area contributed by atoms with Gasteiger partial charge >= 0.3 is 0 Å². The highest BCUT2D eigenvalue weighted by atomic mass is 32.1. The normalized spacial score (nSPS) is 11.8. The van der Waals surface area contributed by atoms with Gasteiger partial charge in [0.15, 0.2) is 11.6 Å². The molecule has 4 aromatic heterocycles. The fourth-order valence-electron chi connectivity index (χ4n) is 6.60. The Morgan fingerprint density at radius 1 is 0.426 bits per heavy atom. The van der Waals surface area contributed by atoms with E-state index in [1.165, 1.54) is 15.5 Å². The maximum Gasteiger partial charge on any atom is 0.238 e. The van der Waals surface area contributed by atoms with Gasteiger partial charge in [-0.2, -0.15) is 9.97 Å². The molecular weight excluding hydrogens is 615 g/mol. The van der Waals surface area contributed by atoms with Crippen molar-refractivity contribution >= 4 is 74.9 Å². The van der Waals surface area contributed by atoms with Crippen molar-refractivity contribution in [3.8, 4) is 39.3 Å². The van der Waals surface area contributed by atoms with E-state index in [1.54, 1.807) is 22.7 Å². The van der Waals surface area contributed by atoms with Crippen molar-refractivity contribution in [3.05, 3.63) is 140 Å². The third kappa shape index (κ3) is 4.14. The Kier molecular flexibility index (Phi) is 5.85. The molecule has 0 bridgehead atoms. The molecule has 10 aromatic rings. The van der Waals surface area contributed by atoms with E-state index in [0.717, 1.165) is 58.4 Å². The number of hydrogen-bond donors (Lipinski definition) is 0. The molecule has 0 saturated heterocycles. The maximum absolute atomic E-state index is 5.25. The Balaban J connectivity index is 1.28. The third-order valence-corrected chi connectivity index (χ3v) is 11.0. The predicted molar refractivity (Wildman–Crippen MR) is 197 cm³/mol. The first-order valence-electron chi connectivity index (χ1n) is 15.4. The highest BCUT2D eigenvalue weighted by molar-refractivity contribution is 7.26. The van der Waals surface area contributed by atoms with Crippen molar-refractivity contribution in [1.29, 1.82) is 0 Å². The summed E-state index contributed by atoms with van der Waals surface area (Å²) in [5.41, 5.74) is 5.96. The number of rotatable bonds is 4. The molecule has 47 heavy (non-hydrogen) atoms. The van der Waals surface area contributed by atoms with Crippen LogP contribution in [0.3, 0.4) is 0 Å². The second-order valence-electron chi connectivity index (χ2n) is 11.5. The summed E-state index contributed by atoms with van der Waals surface area (Å²) in [5, 5.41) is 5.74. The smallest absolute Gasteiger partial charge is 0.238 e. The topological polar surface area (TPSA) is 56.5 Å². The molecule has 6 aromatic carbocycles. The van der Waals surface area contributed by atoms with Gasteiger partial charge in [0.2, 0.25) is 5.95 Å². The van der Waals surface area contributed by atoms with Crippen LogP contribution < -0.4 is 0 Å². The van der Waals surface area contributed by atoms with Crippen molar-refractivity contribution < 1.29 is 0 Å². The molecule has 0 aliphatic heterocycles. The van der Waals surface area contributed by atoms with Gasteiger partial charge in [-0.25, -0.2) is 9.97 Å². The predicted octanol–water partition coefficient (Wildman–Crippen LogP) is 10.9. The van der Waals surface area contributed by atoms with Crippen molar-refractivity contribution in [1.82, 2.24) is 24.5 Å². The van der Waals surface area contributed by atoms with Crippen LogP contribution in [0.25, 0.3) is 91.5 Å². The minimum absolute atomic E-state index is 0.580. The van der Waals surface area contributed by atoms with Crippen molar-refractivity contribution in [3.63, 3.8) is 0 Å². The van der Waals surface area contributed by atoms with Gasteiger partial charge in [0.05, 0.1) is 21.3 Å². The van der Waals surface area contributed by atoms with E-state index in [2.05, 4.69) is 126 Å². The molecule has 0 radical (unpaired) electrons. The first kappa shape index (κ1) is 26.5. The first-order chi connectivity index (χ1) is 23.3. The minimum Gasteiger partial charge on any atom is -0.278 e. The molecule has 10 rings (SSSR count). The number of fused-ring (bicyclic) bond motifs is 7. The Morgan fingerprint density at radius 2 is 1.02 bits per heavy atom. The number of para-hydroxylation sites is 3. The lowest BCUT2D eigenvalue weighted by atomic mass is 10.1. The standard InChI is InChI=1S/C40H23N5S2/c1-2-12-24(13-3-1)39-41-35-29(18-11-23-34(35)47-39)37-42-38(30-19-10-17-28-27-16-6-9-22-33(27)46-36(28)30)44-40(43-37)45-31-20-7-4-14-25(31)26-15-5-8-21-32(26)45/h1-23H. The Labute approximate surface area is 277 Å². The highest BCUT2D eigenvalue weighted by Crippen LogP contribution is 2.41. The van der Waals surface area contributed by atoms with Crippen LogP contribution in [0.2, 0.25) is 0 Å². The van der Waals surface area contributed by atoms with E-state index in [1.807, 2.05) is 18.2 Å². The van der Waals surface area contributed by atoms with Crippen LogP contribution in [-0.2, 0) is 0 Å². The van der Waals surface area contributed by atoms with Gasteiger partial charge in [-0.15, -0.1) is 22.7 Å². The van der Waals surface area contributed by atoms with E-state index >= 15 is 0 Å². The Bertz CT molecular complexity index is 2760. The summed E-state index contributed by atoms with van der Waals surface area (Å²) in [5.74, 6) is 1.82. The van der Waals surface area contributed by atoms with Crippen LogP contribution in [0.15, 0.2) is 140 Å². The SMILES string of the molecule is c1ccc(-c2nc3c(-c4nc(-c5cccc6c5sc5ccccc56)nc(-n5c6ccccc6c6ccccc65)n4)cccc3s2)cc1. The zero-order chi connectivity index (χ0) is 30.9. The van der Waals surface area contributed by atoms with Gasteiger partial charge in [0.1, 0.15) is 5.01 Å². The molecule has 7 heteroatoms. The van der Waals surface area contributed by atoms with Crippen molar-refractivity contribution in [2.75, 3.05) is 0 Å². The molecule has 5 nitrogen and oxygen atoms in total.